The van der Waals surface area contributed by atoms with Gasteiger partial charge >= 0.3 is 5.97 Å². The van der Waals surface area contributed by atoms with E-state index in [1.165, 1.54) is 0 Å². The van der Waals surface area contributed by atoms with Crippen LogP contribution >= 0.6 is 0 Å². The number of amides is 1. The largest absolute Gasteiger partial charge is 0.481 e. The van der Waals surface area contributed by atoms with Gasteiger partial charge in [0.05, 0.1) is 12.3 Å². The molecule has 2 N–H and O–H groups in total. The second-order valence-corrected chi connectivity index (χ2v) is 5.30. The van der Waals surface area contributed by atoms with Crippen LogP contribution in [0.3, 0.4) is 0 Å². The molecule has 1 aromatic carbocycles. The number of rotatable bonds is 4. The van der Waals surface area contributed by atoms with E-state index in [0.717, 1.165) is 5.56 Å². The maximum atomic E-state index is 12.1. The Labute approximate surface area is 107 Å². The van der Waals surface area contributed by atoms with Crippen molar-refractivity contribution in [3.63, 3.8) is 0 Å². The Hall–Kier alpha value is -1.84. The zero-order chi connectivity index (χ0) is 13.8. The molecule has 0 aromatic heterocycles. The Bertz CT molecular complexity index is 420. The SMILES string of the molecule is CC(C)(C)NC(=O)[C@H](CC(=O)O)c1ccccc1. The predicted octanol–water partition coefficient (Wildman–Crippen LogP) is 2.16. The van der Waals surface area contributed by atoms with Crippen LogP contribution in [0.25, 0.3) is 0 Å². The average molecular weight is 249 g/mol. The number of carbonyl (C=O) groups is 2. The molecule has 0 spiro atoms. The number of benzene rings is 1. The summed E-state index contributed by atoms with van der Waals surface area (Å²) in [5.41, 5.74) is 0.351. The van der Waals surface area contributed by atoms with Gasteiger partial charge < -0.3 is 10.4 Å². The van der Waals surface area contributed by atoms with Crippen LogP contribution in [0.5, 0.6) is 0 Å². The zero-order valence-corrected chi connectivity index (χ0v) is 10.9. The first-order valence-corrected chi connectivity index (χ1v) is 5.88. The van der Waals surface area contributed by atoms with Crippen molar-refractivity contribution in [2.24, 2.45) is 0 Å². The number of carboxylic acids is 1. The second-order valence-electron chi connectivity index (χ2n) is 5.30. The molecule has 18 heavy (non-hydrogen) atoms. The summed E-state index contributed by atoms with van der Waals surface area (Å²) in [5.74, 6) is -1.88. The van der Waals surface area contributed by atoms with Gasteiger partial charge in [-0.25, -0.2) is 0 Å². The van der Waals surface area contributed by atoms with Crippen molar-refractivity contribution in [1.82, 2.24) is 5.32 Å². The maximum absolute atomic E-state index is 12.1. The van der Waals surface area contributed by atoms with Gasteiger partial charge in [-0.15, -0.1) is 0 Å². The van der Waals surface area contributed by atoms with E-state index in [1.807, 2.05) is 26.8 Å². The molecular weight excluding hydrogens is 230 g/mol. The van der Waals surface area contributed by atoms with Crippen molar-refractivity contribution >= 4 is 11.9 Å². The normalized spacial score (nSPS) is 12.8. The monoisotopic (exact) mass is 249 g/mol. The third kappa shape index (κ3) is 4.57. The third-order valence-corrected chi connectivity index (χ3v) is 2.40. The minimum absolute atomic E-state index is 0.202. The van der Waals surface area contributed by atoms with Crippen molar-refractivity contribution in [3.05, 3.63) is 35.9 Å². The van der Waals surface area contributed by atoms with Crippen LogP contribution in [0.15, 0.2) is 30.3 Å². The summed E-state index contributed by atoms with van der Waals surface area (Å²) in [5, 5.41) is 11.7. The topological polar surface area (TPSA) is 66.4 Å². The molecule has 4 nitrogen and oxygen atoms in total. The number of carboxylic acid groups (broad SMARTS) is 1. The van der Waals surface area contributed by atoms with Crippen molar-refractivity contribution in [2.45, 2.75) is 38.6 Å². The predicted molar refractivity (Wildman–Crippen MR) is 69.3 cm³/mol. The highest BCUT2D eigenvalue weighted by molar-refractivity contribution is 5.88. The maximum Gasteiger partial charge on any atom is 0.304 e. The van der Waals surface area contributed by atoms with E-state index >= 15 is 0 Å². The van der Waals surface area contributed by atoms with Crippen LogP contribution < -0.4 is 5.32 Å². The van der Waals surface area contributed by atoms with Crippen LogP contribution in [0.2, 0.25) is 0 Å². The van der Waals surface area contributed by atoms with Crippen molar-refractivity contribution < 1.29 is 14.7 Å². The highest BCUT2D eigenvalue weighted by Gasteiger charge is 2.26. The third-order valence-electron chi connectivity index (χ3n) is 2.40. The Morgan fingerprint density at radius 3 is 2.22 bits per heavy atom. The molecule has 0 heterocycles. The van der Waals surface area contributed by atoms with Gasteiger partial charge in [-0.05, 0) is 26.3 Å². The molecule has 0 fully saturated rings. The summed E-state index contributed by atoms with van der Waals surface area (Å²) in [6.45, 7) is 5.61. The van der Waals surface area contributed by atoms with E-state index < -0.39 is 11.9 Å². The molecule has 0 saturated heterocycles. The minimum atomic E-state index is -0.979. The number of hydrogen-bond acceptors (Lipinski definition) is 2. The van der Waals surface area contributed by atoms with Crippen LogP contribution in [0, 0.1) is 0 Å². The Kier molecular flexibility index (Phi) is 4.48. The van der Waals surface area contributed by atoms with Gasteiger partial charge in [0.15, 0.2) is 0 Å². The van der Waals surface area contributed by atoms with E-state index in [1.54, 1.807) is 24.3 Å². The average Bonchev–Trinajstić information content (AvgIpc) is 2.24. The van der Waals surface area contributed by atoms with Gasteiger partial charge in [0.1, 0.15) is 0 Å². The van der Waals surface area contributed by atoms with Crippen molar-refractivity contribution in [1.29, 1.82) is 0 Å². The fraction of sp³-hybridized carbons (Fsp3) is 0.429. The molecule has 0 unspecified atom stereocenters. The molecule has 0 aliphatic heterocycles. The van der Waals surface area contributed by atoms with E-state index in [4.69, 9.17) is 5.11 Å². The molecule has 0 radical (unpaired) electrons. The number of carbonyl (C=O) groups excluding carboxylic acids is 1. The molecule has 1 atom stereocenters. The Balaban J connectivity index is 2.92. The molecule has 0 saturated carbocycles. The first-order chi connectivity index (χ1) is 8.29. The van der Waals surface area contributed by atoms with E-state index in [0.29, 0.717) is 0 Å². The highest BCUT2D eigenvalue weighted by Crippen LogP contribution is 2.20. The van der Waals surface area contributed by atoms with Gasteiger partial charge in [-0.2, -0.15) is 0 Å². The fourth-order valence-corrected chi connectivity index (χ4v) is 1.68. The van der Waals surface area contributed by atoms with Crippen LogP contribution in [-0.2, 0) is 9.59 Å². The van der Waals surface area contributed by atoms with Gasteiger partial charge in [0.2, 0.25) is 5.91 Å². The van der Waals surface area contributed by atoms with Gasteiger partial charge in [0.25, 0.3) is 0 Å². The van der Waals surface area contributed by atoms with Crippen LogP contribution in [0.1, 0.15) is 38.7 Å². The molecule has 0 aliphatic carbocycles. The number of aliphatic carboxylic acids is 1. The van der Waals surface area contributed by atoms with Crippen molar-refractivity contribution in [3.8, 4) is 0 Å². The van der Waals surface area contributed by atoms with E-state index in [2.05, 4.69) is 5.32 Å². The summed E-state index contributed by atoms with van der Waals surface area (Å²) in [7, 11) is 0. The van der Waals surface area contributed by atoms with Gasteiger partial charge in [-0.3, -0.25) is 9.59 Å². The summed E-state index contributed by atoms with van der Waals surface area (Å²) in [6, 6.07) is 8.98. The first-order valence-electron chi connectivity index (χ1n) is 5.88. The molecule has 1 rings (SSSR count). The van der Waals surface area contributed by atoms with Crippen molar-refractivity contribution in [2.75, 3.05) is 0 Å². The number of nitrogens with one attached hydrogen (secondary N) is 1. The number of hydrogen-bond donors (Lipinski definition) is 2. The standard InChI is InChI=1S/C14H19NO3/c1-14(2,3)15-13(18)11(9-12(16)17)10-7-5-4-6-8-10/h4-8,11H,9H2,1-3H3,(H,15,18)(H,16,17)/t11-/m1/s1. The molecule has 4 heteroatoms. The molecular formula is C14H19NO3. The lowest BCUT2D eigenvalue weighted by molar-refractivity contribution is -0.139. The zero-order valence-electron chi connectivity index (χ0n) is 10.9. The quantitative estimate of drug-likeness (QED) is 0.859. The Morgan fingerprint density at radius 1 is 1.22 bits per heavy atom. The summed E-state index contributed by atoms with van der Waals surface area (Å²) >= 11 is 0. The minimum Gasteiger partial charge on any atom is -0.481 e. The lowest BCUT2D eigenvalue weighted by atomic mass is 9.93. The molecule has 98 valence electrons. The molecule has 0 aliphatic rings. The summed E-state index contributed by atoms with van der Waals surface area (Å²) < 4.78 is 0. The first kappa shape index (κ1) is 14.2. The van der Waals surface area contributed by atoms with Gasteiger partial charge in [0, 0.05) is 5.54 Å². The lowest BCUT2D eigenvalue weighted by Gasteiger charge is -2.24. The summed E-state index contributed by atoms with van der Waals surface area (Å²) in [6.07, 6.45) is -0.202. The second kappa shape index (κ2) is 5.67. The molecule has 1 aromatic rings. The summed E-state index contributed by atoms with van der Waals surface area (Å²) in [4.78, 5) is 23.0. The Morgan fingerprint density at radius 2 is 1.78 bits per heavy atom. The lowest BCUT2D eigenvalue weighted by Crippen LogP contribution is -2.43. The van der Waals surface area contributed by atoms with Gasteiger partial charge in [-0.1, -0.05) is 30.3 Å². The van der Waals surface area contributed by atoms with E-state index in [-0.39, 0.29) is 17.9 Å². The van der Waals surface area contributed by atoms with Crippen LogP contribution in [-0.4, -0.2) is 22.5 Å². The highest BCUT2D eigenvalue weighted by atomic mass is 16.4. The molecule has 0 bridgehead atoms. The molecule has 1 amide bonds. The fourth-order valence-electron chi connectivity index (χ4n) is 1.68. The van der Waals surface area contributed by atoms with Crippen LogP contribution in [0.4, 0.5) is 0 Å². The smallest absolute Gasteiger partial charge is 0.304 e. The van der Waals surface area contributed by atoms with E-state index in [9.17, 15) is 9.59 Å².